The summed E-state index contributed by atoms with van der Waals surface area (Å²) >= 11 is 3.40. The smallest absolute Gasteiger partial charge is 0.349 e. The molecule has 8 heteroatoms. The van der Waals surface area contributed by atoms with Crippen molar-refractivity contribution in [2.24, 2.45) is 0 Å². The number of halogens is 1. The van der Waals surface area contributed by atoms with Gasteiger partial charge < -0.3 is 14.2 Å². The van der Waals surface area contributed by atoms with Crippen molar-refractivity contribution in [2.75, 3.05) is 31.1 Å². The number of anilines is 1. The highest BCUT2D eigenvalue weighted by molar-refractivity contribution is 9.10. The molecule has 3 aromatic rings. The molecule has 29 heavy (non-hydrogen) atoms. The summed E-state index contributed by atoms with van der Waals surface area (Å²) in [4.78, 5) is 29.1. The first-order chi connectivity index (χ1) is 14.1. The first-order valence-corrected chi connectivity index (χ1v) is 10.5. The quantitative estimate of drug-likeness (QED) is 0.565. The Hall–Kier alpha value is -2.74. The van der Waals surface area contributed by atoms with Crippen LogP contribution >= 0.6 is 15.9 Å². The van der Waals surface area contributed by atoms with Gasteiger partial charge in [0.15, 0.2) is 5.82 Å². The van der Waals surface area contributed by atoms with Crippen molar-refractivity contribution in [1.29, 1.82) is 0 Å². The van der Waals surface area contributed by atoms with E-state index in [1.54, 1.807) is 23.1 Å². The highest BCUT2D eigenvalue weighted by atomic mass is 79.9. The minimum Gasteiger partial charge on any atom is -0.422 e. The van der Waals surface area contributed by atoms with E-state index in [0.29, 0.717) is 43.1 Å². The lowest BCUT2D eigenvalue weighted by Gasteiger charge is -2.35. The summed E-state index contributed by atoms with van der Waals surface area (Å²) in [6.07, 6.45) is 2.41. The molecule has 0 bridgehead atoms. The SMILES string of the molecule is O=C(c1cc2cc(Br)ccc2oc1=O)N1CCN(c2ccc(C3CC3)nn2)CC1. The molecule has 1 aromatic carbocycles. The molecule has 2 aliphatic rings. The molecule has 5 rings (SSSR count). The van der Waals surface area contributed by atoms with Crippen molar-refractivity contribution in [3.8, 4) is 0 Å². The van der Waals surface area contributed by atoms with Crippen molar-refractivity contribution < 1.29 is 9.21 Å². The average Bonchev–Trinajstić information content (AvgIpc) is 3.59. The van der Waals surface area contributed by atoms with E-state index >= 15 is 0 Å². The Kier molecular flexibility index (Phi) is 4.58. The van der Waals surface area contributed by atoms with E-state index in [9.17, 15) is 9.59 Å². The van der Waals surface area contributed by atoms with Crippen LogP contribution in [0.3, 0.4) is 0 Å². The van der Waals surface area contributed by atoms with Gasteiger partial charge in [-0.25, -0.2) is 4.79 Å². The van der Waals surface area contributed by atoms with E-state index in [4.69, 9.17) is 4.42 Å². The molecule has 1 saturated carbocycles. The van der Waals surface area contributed by atoms with E-state index in [1.807, 2.05) is 12.1 Å². The number of carbonyl (C=O) groups is 1. The third-order valence-electron chi connectivity index (χ3n) is 5.48. The highest BCUT2D eigenvalue weighted by Gasteiger charge is 2.27. The van der Waals surface area contributed by atoms with Gasteiger partial charge in [0.2, 0.25) is 0 Å². The fraction of sp³-hybridized carbons (Fsp3) is 0.333. The summed E-state index contributed by atoms with van der Waals surface area (Å²) < 4.78 is 6.19. The van der Waals surface area contributed by atoms with E-state index in [1.165, 1.54) is 12.8 Å². The molecule has 7 nitrogen and oxygen atoms in total. The number of hydrogen-bond donors (Lipinski definition) is 0. The van der Waals surface area contributed by atoms with Gasteiger partial charge in [0.1, 0.15) is 11.1 Å². The fourth-order valence-electron chi connectivity index (χ4n) is 3.65. The average molecular weight is 455 g/mol. The lowest BCUT2D eigenvalue weighted by molar-refractivity contribution is 0.0742. The van der Waals surface area contributed by atoms with E-state index in [0.717, 1.165) is 16.0 Å². The zero-order chi connectivity index (χ0) is 20.0. The van der Waals surface area contributed by atoms with Crippen molar-refractivity contribution in [3.63, 3.8) is 0 Å². The van der Waals surface area contributed by atoms with Crippen molar-refractivity contribution in [1.82, 2.24) is 15.1 Å². The van der Waals surface area contributed by atoms with Crippen LogP contribution in [0, 0.1) is 0 Å². The third kappa shape index (κ3) is 3.64. The number of piperazine rings is 1. The molecule has 1 aliphatic carbocycles. The molecular weight excluding hydrogens is 436 g/mol. The van der Waals surface area contributed by atoms with Crippen LogP contribution in [0.15, 0.2) is 50.1 Å². The Balaban J connectivity index is 1.30. The minimum atomic E-state index is -0.603. The lowest BCUT2D eigenvalue weighted by atomic mass is 10.1. The number of carbonyl (C=O) groups excluding carboxylic acids is 1. The minimum absolute atomic E-state index is 0.0672. The molecular formula is C21H19BrN4O3. The Morgan fingerprint density at radius 1 is 1.03 bits per heavy atom. The van der Waals surface area contributed by atoms with E-state index in [2.05, 4.69) is 37.1 Å². The number of hydrogen-bond acceptors (Lipinski definition) is 6. The van der Waals surface area contributed by atoms with Crippen LogP contribution in [-0.4, -0.2) is 47.2 Å². The second-order valence-electron chi connectivity index (χ2n) is 7.50. The predicted octanol–water partition coefficient (Wildman–Crippen LogP) is 3.19. The summed E-state index contributed by atoms with van der Waals surface area (Å²) in [5, 5.41) is 9.40. The molecule has 0 radical (unpaired) electrons. The van der Waals surface area contributed by atoms with Crippen LogP contribution in [0.5, 0.6) is 0 Å². The van der Waals surface area contributed by atoms with Crippen molar-refractivity contribution >= 4 is 38.6 Å². The largest absolute Gasteiger partial charge is 0.422 e. The zero-order valence-electron chi connectivity index (χ0n) is 15.7. The third-order valence-corrected chi connectivity index (χ3v) is 5.98. The number of amides is 1. The van der Waals surface area contributed by atoms with Gasteiger partial charge in [-0.15, -0.1) is 5.10 Å². The number of rotatable bonds is 3. The Morgan fingerprint density at radius 3 is 2.52 bits per heavy atom. The second-order valence-corrected chi connectivity index (χ2v) is 8.42. The number of nitrogens with zero attached hydrogens (tertiary/aromatic N) is 4. The van der Waals surface area contributed by atoms with Gasteiger partial charge in [-0.2, -0.15) is 5.10 Å². The predicted molar refractivity (Wildman–Crippen MR) is 112 cm³/mol. The van der Waals surface area contributed by atoms with E-state index < -0.39 is 5.63 Å². The summed E-state index contributed by atoms with van der Waals surface area (Å²) in [6.45, 7) is 2.32. The summed E-state index contributed by atoms with van der Waals surface area (Å²) in [7, 11) is 0. The van der Waals surface area contributed by atoms with Gasteiger partial charge in [0, 0.05) is 42.0 Å². The molecule has 2 fully saturated rings. The monoisotopic (exact) mass is 454 g/mol. The maximum absolute atomic E-state index is 12.9. The van der Waals surface area contributed by atoms with Gasteiger partial charge in [-0.1, -0.05) is 15.9 Å². The van der Waals surface area contributed by atoms with Gasteiger partial charge in [-0.05, 0) is 49.2 Å². The van der Waals surface area contributed by atoms with Gasteiger partial charge in [0.05, 0.1) is 5.69 Å². The Morgan fingerprint density at radius 2 is 1.83 bits per heavy atom. The molecule has 0 atom stereocenters. The van der Waals surface area contributed by atoms with Crippen molar-refractivity contribution in [2.45, 2.75) is 18.8 Å². The molecule has 1 amide bonds. The van der Waals surface area contributed by atoms with Crippen LogP contribution < -0.4 is 10.5 Å². The molecule has 0 spiro atoms. The highest BCUT2D eigenvalue weighted by Crippen LogP contribution is 2.38. The van der Waals surface area contributed by atoms with Crippen LogP contribution in [0.1, 0.15) is 34.8 Å². The Bertz CT molecular complexity index is 1130. The van der Waals surface area contributed by atoms with Crippen molar-refractivity contribution in [3.05, 3.63) is 62.5 Å². The summed E-state index contributed by atoms with van der Waals surface area (Å²) in [6, 6.07) is 11.0. The first kappa shape index (κ1) is 18.3. The van der Waals surface area contributed by atoms with Crippen LogP contribution in [0.4, 0.5) is 5.82 Å². The molecule has 148 valence electrons. The van der Waals surface area contributed by atoms with Gasteiger partial charge in [-0.3, -0.25) is 4.79 Å². The maximum Gasteiger partial charge on any atom is 0.349 e. The molecule has 0 N–H and O–H groups in total. The second kappa shape index (κ2) is 7.26. The molecule has 0 unspecified atom stereocenters. The number of aromatic nitrogens is 2. The van der Waals surface area contributed by atoms with Crippen LogP contribution in [0.2, 0.25) is 0 Å². The van der Waals surface area contributed by atoms with Crippen LogP contribution in [-0.2, 0) is 0 Å². The van der Waals surface area contributed by atoms with Gasteiger partial charge >= 0.3 is 5.63 Å². The standard InChI is InChI=1S/C21H19BrN4O3/c22-15-3-5-18-14(11-15)12-16(21(28)29-18)20(27)26-9-7-25(8-10-26)19-6-4-17(23-24-19)13-1-2-13/h3-6,11-13H,1-2,7-10H2. The van der Waals surface area contributed by atoms with E-state index in [-0.39, 0.29) is 11.5 Å². The van der Waals surface area contributed by atoms with Gasteiger partial charge in [0.25, 0.3) is 5.91 Å². The first-order valence-electron chi connectivity index (χ1n) is 9.70. The molecule has 2 aromatic heterocycles. The van der Waals surface area contributed by atoms with Crippen LogP contribution in [0.25, 0.3) is 11.0 Å². The zero-order valence-corrected chi connectivity index (χ0v) is 17.3. The lowest BCUT2D eigenvalue weighted by Crippen LogP contribution is -2.49. The number of fused-ring (bicyclic) bond motifs is 1. The normalized spacial score (nSPS) is 17.0. The fourth-order valence-corrected chi connectivity index (χ4v) is 4.03. The summed E-state index contributed by atoms with van der Waals surface area (Å²) in [5.41, 5.74) is 0.997. The topological polar surface area (TPSA) is 79.5 Å². The molecule has 1 aliphatic heterocycles. The number of benzene rings is 1. The molecule has 1 saturated heterocycles. The molecule has 3 heterocycles. The summed E-state index contributed by atoms with van der Waals surface area (Å²) in [5.74, 6) is 1.12. The Labute approximate surface area is 175 Å². The maximum atomic E-state index is 12.9.